The number of nitrogens with zero attached hydrogens (tertiary/aromatic N) is 2. The van der Waals surface area contributed by atoms with E-state index in [4.69, 9.17) is 28.9 Å². The summed E-state index contributed by atoms with van der Waals surface area (Å²) in [5, 5.41) is 0.365. The smallest absolute Gasteiger partial charge is 0.242 e. The van der Waals surface area contributed by atoms with E-state index in [1.165, 1.54) is 24.7 Å². The number of hydrogen-bond donors (Lipinski definition) is 2. The molecule has 3 N–H and O–H groups in total. The van der Waals surface area contributed by atoms with Crippen molar-refractivity contribution in [2.45, 2.75) is 18.0 Å². The van der Waals surface area contributed by atoms with Crippen LogP contribution in [-0.4, -0.2) is 18.4 Å². The lowest BCUT2D eigenvalue weighted by molar-refractivity contribution is 0.580. The first kappa shape index (κ1) is 16.1. The van der Waals surface area contributed by atoms with Crippen LogP contribution in [0.15, 0.2) is 35.6 Å². The molecule has 0 aliphatic rings. The number of aromatic nitrogens is 2. The van der Waals surface area contributed by atoms with Gasteiger partial charge in [0.2, 0.25) is 10.0 Å². The highest BCUT2D eigenvalue weighted by Crippen LogP contribution is 2.28. The van der Waals surface area contributed by atoms with Crippen molar-refractivity contribution in [2.24, 2.45) is 5.73 Å². The molecule has 2 rings (SSSR count). The first-order valence-electron chi connectivity index (χ1n) is 5.86. The van der Waals surface area contributed by atoms with E-state index < -0.39 is 10.0 Å². The molecule has 1 heterocycles. The summed E-state index contributed by atoms with van der Waals surface area (Å²) >= 11 is 11.9. The van der Waals surface area contributed by atoms with Gasteiger partial charge in [0.05, 0.1) is 17.3 Å². The Morgan fingerprint density at radius 2 is 2.00 bits per heavy atom. The second-order valence-corrected chi connectivity index (χ2v) is 6.65. The van der Waals surface area contributed by atoms with Crippen LogP contribution in [0.5, 0.6) is 0 Å². The van der Waals surface area contributed by atoms with Gasteiger partial charge in [0, 0.05) is 17.8 Å². The fourth-order valence-electron chi connectivity index (χ4n) is 1.60. The van der Waals surface area contributed by atoms with Crippen LogP contribution >= 0.6 is 23.2 Å². The zero-order valence-electron chi connectivity index (χ0n) is 10.8. The molecule has 112 valence electrons. The van der Waals surface area contributed by atoms with Crippen LogP contribution in [0.3, 0.4) is 0 Å². The molecular weight excluding hydrogens is 335 g/mol. The second-order valence-electron chi connectivity index (χ2n) is 4.10. The fraction of sp³-hybridized carbons (Fsp3) is 0.167. The number of nitrogens with one attached hydrogen (secondary N) is 1. The zero-order valence-corrected chi connectivity index (χ0v) is 13.1. The van der Waals surface area contributed by atoms with E-state index in [9.17, 15) is 8.42 Å². The third-order valence-electron chi connectivity index (χ3n) is 2.70. The number of hydrogen-bond acceptors (Lipinski definition) is 5. The highest BCUT2D eigenvalue weighted by molar-refractivity contribution is 7.89. The predicted molar refractivity (Wildman–Crippen MR) is 80.4 cm³/mol. The second kappa shape index (κ2) is 6.67. The summed E-state index contributed by atoms with van der Waals surface area (Å²) in [7, 11) is -3.80. The van der Waals surface area contributed by atoms with E-state index in [2.05, 4.69) is 14.7 Å². The number of rotatable bonds is 5. The van der Waals surface area contributed by atoms with Crippen molar-refractivity contribution in [2.75, 3.05) is 0 Å². The molecule has 0 spiro atoms. The monoisotopic (exact) mass is 346 g/mol. The van der Waals surface area contributed by atoms with Gasteiger partial charge in [-0.05, 0) is 23.8 Å². The number of benzene rings is 1. The fourth-order valence-corrected chi connectivity index (χ4v) is 3.47. The summed E-state index contributed by atoms with van der Waals surface area (Å²) in [4.78, 5) is 7.62. The maximum absolute atomic E-state index is 12.3. The lowest BCUT2D eigenvalue weighted by Gasteiger charge is -2.10. The summed E-state index contributed by atoms with van der Waals surface area (Å²) in [6.07, 6.45) is 2.86. The lowest BCUT2D eigenvalue weighted by atomic mass is 10.2. The number of sulfonamides is 1. The summed E-state index contributed by atoms with van der Waals surface area (Å²) in [6, 6.07) is 4.34. The van der Waals surface area contributed by atoms with Gasteiger partial charge < -0.3 is 5.73 Å². The summed E-state index contributed by atoms with van der Waals surface area (Å²) in [5.41, 5.74) is 6.56. The normalized spacial score (nSPS) is 11.6. The molecule has 0 unspecified atom stereocenters. The Hall–Kier alpha value is -1.25. The van der Waals surface area contributed by atoms with E-state index in [1.54, 1.807) is 6.07 Å². The maximum atomic E-state index is 12.3. The number of nitrogens with two attached hydrogens (primary N) is 1. The molecule has 0 atom stereocenters. The molecule has 0 saturated carbocycles. The number of halogens is 2. The quantitative estimate of drug-likeness (QED) is 0.858. The Bertz CT molecular complexity index is 738. The van der Waals surface area contributed by atoms with Crippen LogP contribution in [0.1, 0.15) is 11.3 Å². The van der Waals surface area contributed by atoms with Crippen molar-refractivity contribution in [3.05, 3.63) is 52.0 Å². The minimum Gasteiger partial charge on any atom is -0.326 e. The first-order valence-corrected chi connectivity index (χ1v) is 8.10. The Morgan fingerprint density at radius 1 is 1.24 bits per heavy atom. The summed E-state index contributed by atoms with van der Waals surface area (Å²) < 4.78 is 27.0. The molecule has 2 aromatic rings. The zero-order chi connectivity index (χ0) is 15.5. The molecule has 0 aliphatic heterocycles. The molecular formula is C12H12Cl2N4O2S. The summed E-state index contributed by atoms with van der Waals surface area (Å²) in [5.74, 6) is 0. The molecule has 21 heavy (non-hydrogen) atoms. The Balaban J connectivity index is 2.27. The van der Waals surface area contributed by atoms with Crippen LogP contribution in [0.4, 0.5) is 0 Å². The van der Waals surface area contributed by atoms with Crippen LogP contribution in [0.2, 0.25) is 10.0 Å². The van der Waals surface area contributed by atoms with E-state index in [-0.39, 0.29) is 23.0 Å². The van der Waals surface area contributed by atoms with Gasteiger partial charge in [0.15, 0.2) is 0 Å². The molecule has 0 fully saturated rings. The van der Waals surface area contributed by atoms with Gasteiger partial charge >= 0.3 is 0 Å². The van der Waals surface area contributed by atoms with Gasteiger partial charge in [-0.15, -0.1) is 0 Å². The minimum atomic E-state index is -3.80. The van der Waals surface area contributed by atoms with Crippen molar-refractivity contribution in [3.63, 3.8) is 0 Å². The van der Waals surface area contributed by atoms with Crippen molar-refractivity contribution < 1.29 is 8.42 Å². The minimum absolute atomic E-state index is 0.0295. The first-order chi connectivity index (χ1) is 9.94. The van der Waals surface area contributed by atoms with Gasteiger partial charge in [-0.2, -0.15) is 0 Å². The topological polar surface area (TPSA) is 98.0 Å². The van der Waals surface area contributed by atoms with Crippen molar-refractivity contribution in [1.29, 1.82) is 0 Å². The van der Waals surface area contributed by atoms with Gasteiger partial charge in [0.25, 0.3) is 0 Å². The van der Waals surface area contributed by atoms with Gasteiger partial charge in [0.1, 0.15) is 11.2 Å². The largest absolute Gasteiger partial charge is 0.326 e. The van der Waals surface area contributed by atoms with Crippen LogP contribution in [-0.2, 0) is 23.1 Å². The highest BCUT2D eigenvalue weighted by atomic mass is 35.5. The third kappa shape index (κ3) is 3.90. The molecule has 0 radical (unpaired) electrons. The molecule has 0 amide bonds. The molecule has 9 heteroatoms. The summed E-state index contributed by atoms with van der Waals surface area (Å²) in [6.45, 7) is 0.145. The SMILES string of the molecule is NCc1cc(S(=O)(=O)NCc2ccncn2)c(Cl)cc1Cl. The van der Waals surface area contributed by atoms with Crippen LogP contribution in [0, 0.1) is 0 Å². The third-order valence-corrected chi connectivity index (χ3v) is 4.91. The lowest BCUT2D eigenvalue weighted by Crippen LogP contribution is -2.24. The molecule has 1 aromatic heterocycles. The van der Waals surface area contributed by atoms with Crippen LogP contribution < -0.4 is 10.5 Å². The molecule has 0 aliphatic carbocycles. The standard InChI is InChI=1S/C12H12Cl2N4O2S/c13-10-4-11(14)12(3-8(10)5-15)21(19,20)18-6-9-1-2-16-7-17-9/h1-4,7,18H,5-6,15H2. The van der Waals surface area contributed by atoms with E-state index in [1.807, 2.05) is 0 Å². The molecule has 1 aromatic carbocycles. The molecule has 0 saturated heterocycles. The van der Waals surface area contributed by atoms with Crippen molar-refractivity contribution >= 4 is 33.2 Å². The van der Waals surface area contributed by atoms with Crippen LogP contribution in [0.25, 0.3) is 0 Å². The van der Waals surface area contributed by atoms with Crippen molar-refractivity contribution in [3.8, 4) is 0 Å². The maximum Gasteiger partial charge on any atom is 0.242 e. The average Bonchev–Trinajstić information content (AvgIpc) is 2.46. The Labute approximate surface area is 132 Å². The molecule has 0 bridgehead atoms. The van der Waals surface area contributed by atoms with E-state index in [0.717, 1.165) is 0 Å². The average molecular weight is 347 g/mol. The predicted octanol–water partition coefficient (Wildman–Crippen LogP) is 1.72. The Kier molecular flexibility index (Phi) is 5.13. The van der Waals surface area contributed by atoms with Gasteiger partial charge in [-0.25, -0.2) is 23.1 Å². The Morgan fingerprint density at radius 3 is 2.62 bits per heavy atom. The van der Waals surface area contributed by atoms with Gasteiger partial charge in [-0.1, -0.05) is 23.2 Å². The van der Waals surface area contributed by atoms with E-state index in [0.29, 0.717) is 16.3 Å². The molecule has 6 nitrogen and oxygen atoms in total. The highest BCUT2D eigenvalue weighted by Gasteiger charge is 2.19. The van der Waals surface area contributed by atoms with Crippen molar-refractivity contribution in [1.82, 2.24) is 14.7 Å². The van der Waals surface area contributed by atoms with Gasteiger partial charge in [-0.3, -0.25) is 0 Å². The van der Waals surface area contributed by atoms with E-state index >= 15 is 0 Å².